The molecule has 1 atom stereocenters. The normalized spacial score (nSPS) is 12.1. The zero-order valence-corrected chi connectivity index (χ0v) is 9.82. The van der Waals surface area contributed by atoms with Crippen LogP contribution in [0.4, 0.5) is 5.82 Å². The van der Waals surface area contributed by atoms with Gasteiger partial charge in [0.2, 0.25) is 0 Å². The van der Waals surface area contributed by atoms with Crippen LogP contribution in [0.1, 0.15) is 17.4 Å². The van der Waals surface area contributed by atoms with E-state index in [2.05, 4.69) is 20.4 Å². The van der Waals surface area contributed by atoms with Crippen molar-refractivity contribution in [3.05, 3.63) is 36.5 Å². The number of carboxylic acids is 1. The molecule has 0 amide bonds. The van der Waals surface area contributed by atoms with E-state index in [9.17, 15) is 4.79 Å². The number of aromatic nitrogens is 4. The van der Waals surface area contributed by atoms with E-state index in [1.807, 2.05) is 19.2 Å². The summed E-state index contributed by atoms with van der Waals surface area (Å²) in [5.74, 6) is -0.543. The van der Waals surface area contributed by atoms with Crippen molar-refractivity contribution in [1.82, 2.24) is 19.7 Å². The Morgan fingerprint density at radius 2 is 2.33 bits per heavy atom. The lowest BCUT2D eigenvalue weighted by atomic mass is 10.3. The quantitative estimate of drug-likeness (QED) is 0.814. The highest BCUT2D eigenvalue weighted by atomic mass is 16.4. The second-order valence-corrected chi connectivity index (χ2v) is 3.87. The average molecular weight is 247 g/mol. The Labute approximate surface area is 104 Å². The first kappa shape index (κ1) is 12.0. The van der Waals surface area contributed by atoms with E-state index in [0.29, 0.717) is 12.4 Å². The molecule has 0 aliphatic rings. The standard InChI is InChI=1S/C11H13N5O2/c1-8(7-16-4-2-3-14-16)15-10-6-12-9(5-13-10)11(17)18/h2-6,8H,7H2,1H3,(H,13,15)(H,17,18). The SMILES string of the molecule is CC(Cn1cccn1)Nc1cnc(C(=O)O)cn1. The lowest BCUT2D eigenvalue weighted by Crippen LogP contribution is -2.23. The first-order chi connectivity index (χ1) is 8.65. The molecule has 18 heavy (non-hydrogen) atoms. The fraction of sp³-hybridized carbons (Fsp3) is 0.273. The topological polar surface area (TPSA) is 92.9 Å². The van der Waals surface area contributed by atoms with E-state index in [4.69, 9.17) is 5.11 Å². The predicted molar refractivity (Wildman–Crippen MR) is 64.3 cm³/mol. The van der Waals surface area contributed by atoms with Gasteiger partial charge in [-0.3, -0.25) is 4.68 Å². The molecule has 1 unspecified atom stereocenters. The van der Waals surface area contributed by atoms with Crippen LogP contribution >= 0.6 is 0 Å². The third kappa shape index (κ3) is 3.03. The molecule has 0 spiro atoms. The number of nitrogens with one attached hydrogen (secondary N) is 1. The number of nitrogens with zero attached hydrogens (tertiary/aromatic N) is 4. The molecule has 2 rings (SSSR count). The van der Waals surface area contributed by atoms with Gasteiger partial charge < -0.3 is 10.4 Å². The number of aromatic carboxylic acids is 1. The van der Waals surface area contributed by atoms with Gasteiger partial charge in [-0.1, -0.05) is 0 Å². The Hall–Kier alpha value is -2.44. The second-order valence-electron chi connectivity index (χ2n) is 3.87. The first-order valence-electron chi connectivity index (χ1n) is 5.44. The van der Waals surface area contributed by atoms with Crippen molar-refractivity contribution in [1.29, 1.82) is 0 Å². The van der Waals surface area contributed by atoms with Crippen LogP contribution in [-0.2, 0) is 6.54 Å². The molecule has 7 heteroatoms. The summed E-state index contributed by atoms with van der Waals surface area (Å²) < 4.78 is 1.80. The summed E-state index contributed by atoms with van der Waals surface area (Å²) in [7, 11) is 0. The van der Waals surface area contributed by atoms with Gasteiger partial charge in [0.25, 0.3) is 0 Å². The fourth-order valence-corrected chi connectivity index (χ4v) is 1.50. The largest absolute Gasteiger partial charge is 0.476 e. The predicted octanol–water partition coefficient (Wildman–Crippen LogP) is 0.872. The van der Waals surface area contributed by atoms with Gasteiger partial charge in [0, 0.05) is 18.4 Å². The maximum absolute atomic E-state index is 10.6. The van der Waals surface area contributed by atoms with E-state index in [-0.39, 0.29) is 11.7 Å². The molecule has 2 heterocycles. The van der Waals surface area contributed by atoms with Crippen LogP contribution in [0.2, 0.25) is 0 Å². The molecule has 2 N–H and O–H groups in total. The molecule has 0 fully saturated rings. The Kier molecular flexibility index (Phi) is 3.52. The molecule has 94 valence electrons. The maximum atomic E-state index is 10.6. The van der Waals surface area contributed by atoms with Crippen molar-refractivity contribution in [3.63, 3.8) is 0 Å². The van der Waals surface area contributed by atoms with Gasteiger partial charge >= 0.3 is 5.97 Å². The highest BCUT2D eigenvalue weighted by molar-refractivity contribution is 5.84. The number of hydrogen-bond donors (Lipinski definition) is 2. The maximum Gasteiger partial charge on any atom is 0.356 e. The molecule has 0 aliphatic heterocycles. The Balaban J connectivity index is 1.94. The number of hydrogen-bond acceptors (Lipinski definition) is 5. The minimum absolute atomic E-state index is 0.0692. The molecule has 2 aromatic rings. The zero-order valence-electron chi connectivity index (χ0n) is 9.82. The summed E-state index contributed by atoms with van der Waals surface area (Å²) in [6.45, 7) is 2.67. The monoisotopic (exact) mass is 247 g/mol. The lowest BCUT2D eigenvalue weighted by Gasteiger charge is -2.14. The minimum Gasteiger partial charge on any atom is -0.476 e. The van der Waals surface area contributed by atoms with Crippen LogP contribution < -0.4 is 5.32 Å². The molecule has 2 aromatic heterocycles. The first-order valence-corrected chi connectivity index (χ1v) is 5.44. The highest BCUT2D eigenvalue weighted by Crippen LogP contribution is 2.04. The molecular weight excluding hydrogens is 234 g/mol. The van der Waals surface area contributed by atoms with Crippen LogP contribution in [0, 0.1) is 0 Å². The van der Waals surface area contributed by atoms with Crippen molar-refractivity contribution >= 4 is 11.8 Å². The third-order valence-electron chi connectivity index (χ3n) is 2.29. The van der Waals surface area contributed by atoms with Crippen LogP contribution in [0.25, 0.3) is 0 Å². The molecule has 0 bridgehead atoms. The number of carbonyl (C=O) groups is 1. The molecule has 7 nitrogen and oxygen atoms in total. The molecule has 0 saturated heterocycles. The number of anilines is 1. The van der Waals surface area contributed by atoms with E-state index in [0.717, 1.165) is 0 Å². The van der Waals surface area contributed by atoms with Gasteiger partial charge in [0.15, 0.2) is 5.69 Å². The third-order valence-corrected chi connectivity index (χ3v) is 2.29. The van der Waals surface area contributed by atoms with E-state index in [1.54, 1.807) is 10.9 Å². The number of rotatable bonds is 5. The van der Waals surface area contributed by atoms with E-state index < -0.39 is 5.97 Å². The van der Waals surface area contributed by atoms with Crippen LogP contribution in [-0.4, -0.2) is 36.9 Å². The zero-order chi connectivity index (χ0) is 13.0. The van der Waals surface area contributed by atoms with Gasteiger partial charge in [-0.25, -0.2) is 14.8 Å². The molecule has 0 saturated carbocycles. The van der Waals surface area contributed by atoms with E-state index in [1.165, 1.54) is 12.4 Å². The summed E-state index contributed by atoms with van der Waals surface area (Å²) in [4.78, 5) is 18.4. The van der Waals surface area contributed by atoms with Crippen LogP contribution in [0.5, 0.6) is 0 Å². The van der Waals surface area contributed by atoms with Gasteiger partial charge in [-0.05, 0) is 13.0 Å². The summed E-state index contributed by atoms with van der Waals surface area (Å²) in [5.41, 5.74) is -0.0692. The summed E-state index contributed by atoms with van der Waals surface area (Å²) in [6.07, 6.45) is 6.22. The van der Waals surface area contributed by atoms with Crippen molar-refractivity contribution in [2.45, 2.75) is 19.5 Å². The highest BCUT2D eigenvalue weighted by Gasteiger charge is 2.07. The van der Waals surface area contributed by atoms with Gasteiger partial charge in [0.1, 0.15) is 5.82 Å². The van der Waals surface area contributed by atoms with Crippen LogP contribution in [0.3, 0.4) is 0 Å². The van der Waals surface area contributed by atoms with Crippen molar-refractivity contribution in [2.24, 2.45) is 0 Å². The number of carboxylic acid groups (broad SMARTS) is 1. The Morgan fingerprint density at radius 3 is 2.89 bits per heavy atom. The fourth-order valence-electron chi connectivity index (χ4n) is 1.50. The Bertz CT molecular complexity index is 509. The smallest absolute Gasteiger partial charge is 0.356 e. The van der Waals surface area contributed by atoms with Crippen LogP contribution in [0.15, 0.2) is 30.9 Å². The average Bonchev–Trinajstić information content (AvgIpc) is 2.82. The lowest BCUT2D eigenvalue weighted by molar-refractivity contribution is 0.0690. The van der Waals surface area contributed by atoms with Gasteiger partial charge in [-0.15, -0.1) is 0 Å². The Morgan fingerprint density at radius 1 is 1.50 bits per heavy atom. The molecule has 0 aliphatic carbocycles. The summed E-state index contributed by atoms with van der Waals surface area (Å²) in [5, 5.41) is 15.9. The summed E-state index contributed by atoms with van der Waals surface area (Å²) >= 11 is 0. The van der Waals surface area contributed by atoms with Gasteiger partial charge in [-0.2, -0.15) is 5.10 Å². The summed E-state index contributed by atoms with van der Waals surface area (Å²) in [6, 6.07) is 1.96. The van der Waals surface area contributed by atoms with Crippen molar-refractivity contribution < 1.29 is 9.90 Å². The molecular formula is C11H13N5O2. The molecule has 0 aromatic carbocycles. The van der Waals surface area contributed by atoms with Crippen molar-refractivity contribution in [3.8, 4) is 0 Å². The molecule has 0 radical (unpaired) electrons. The van der Waals surface area contributed by atoms with E-state index >= 15 is 0 Å². The van der Waals surface area contributed by atoms with Gasteiger partial charge in [0.05, 0.1) is 18.9 Å². The minimum atomic E-state index is -1.08. The van der Waals surface area contributed by atoms with Crippen molar-refractivity contribution in [2.75, 3.05) is 5.32 Å². The second kappa shape index (κ2) is 5.26.